The van der Waals surface area contributed by atoms with Crippen molar-refractivity contribution in [3.8, 4) is 0 Å². The molecule has 0 spiro atoms. The summed E-state index contributed by atoms with van der Waals surface area (Å²) < 4.78 is 5.39. The van der Waals surface area contributed by atoms with Crippen LogP contribution >= 0.6 is 0 Å². The fraction of sp³-hybridized carbons (Fsp3) is 0.423. The van der Waals surface area contributed by atoms with Crippen LogP contribution in [0, 0.1) is 5.92 Å². The van der Waals surface area contributed by atoms with Gasteiger partial charge in [0.2, 0.25) is 5.91 Å². The maximum atomic E-state index is 13.1. The highest BCUT2D eigenvalue weighted by Gasteiger charge is 2.24. The smallest absolute Gasteiger partial charge is 0.410 e. The van der Waals surface area contributed by atoms with Gasteiger partial charge in [-0.05, 0) is 49.9 Å². The molecule has 178 valence electrons. The predicted octanol–water partition coefficient (Wildman–Crippen LogP) is 4.90. The van der Waals surface area contributed by atoms with E-state index in [1.165, 1.54) is 4.90 Å². The van der Waals surface area contributed by atoms with Crippen molar-refractivity contribution in [2.45, 2.75) is 59.2 Å². The minimum Gasteiger partial charge on any atom is -0.444 e. The molecule has 0 aromatic heterocycles. The van der Waals surface area contributed by atoms with E-state index >= 15 is 0 Å². The van der Waals surface area contributed by atoms with Gasteiger partial charge in [0.05, 0.1) is 0 Å². The van der Waals surface area contributed by atoms with Crippen molar-refractivity contribution in [3.05, 3.63) is 65.7 Å². The summed E-state index contributed by atoms with van der Waals surface area (Å²) >= 11 is 0. The van der Waals surface area contributed by atoms with Gasteiger partial charge in [0.1, 0.15) is 11.6 Å². The number of anilines is 1. The number of benzene rings is 2. The van der Waals surface area contributed by atoms with E-state index < -0.39 is 17.7 Å². The number of rotatable bonds is 8. The first-order valence-corrected chi connectivity index (χ1v) is 11.1. The molecule has 2 rings (SSSR count). The van der Waals surface area contributed by atoms with Crippen molar-refractivity contribution in [1.82, 2.24) is 10.2 Å². The minimum absolute atomic E-state index is 0.179. The molecule has 3 amide bonds. The molecule has 0 heterocycles. The Labute approximate surface area is 196 Å². The summed E-state index contributed by atoms with van der Waals surface area (Å²) in [5.41, 5.74) is 1.54. The normalized spacial score (nSPS) is 12.1. The van der Waals surface area contributed by atoms with Gasteiger partial charge < -0.3 is 20.3 Å². The molecule has 0 radical (unpaired) electrons. The quantitative estimate of drug-likeness (QED) is 0.595. The Bertz CT molecular complexity index is 952. The molecular weight excluding hydrogens is 418 g/mol. The molecule has 0 aliphatic heterocycles. The molecule has 2 N–H and O–H groups in total. The number of ether oxygens (including phenoxy) is 1. The van der Waals surface area contributed by atoms with Crippen molar-refractivity contribution >= 4 is 23.6 Å². The number of amides is 3. The van der Waals surface area contributed by atoms with Crippen LogP contribution in [0.4, 0.5) is 10.5 Å². The third kappa shape index (κ3) is 8.96. The summed E-state index contributed by atoms with van der Waals surface area (Å²) in [6, 6.07) is 15.6. The second-order valence-corrected chi connectivity index (χ2v) is 9.54. The van der Waals surface area contributed by atoms with E-state index in [9.17, 15) is 14.4 Å². The molecule has 1 unspecified atom stereocenters. The van der Waals surface area contributed by atoms with Crippen LogP contribution in [0.2, 0.25) is 0 Å². The van der Waals surface area contributed by atoms with Crippen molar-refractivity contribution in [2.24, 2.45) is 5.92 Å². The molecule has 0 fully saturated rings. The molecule has 0 bridgehead atoms. The van der Waals surface area contributed by atoms with Gasteiger partial charge in [-0.2, -0.15) is 0 Å². The first-order chi connectivity index (χ1) is 15.4. The van der Waals surface area contributed by atoms with E-state index in [4.69, 9.17) is 4.74 Å². The third-order valence-corrected chi connectivity index (χ3v) is 4.61. The molecule has 1 atom stereocenters. The number of nitrogens with one attached hydrogen (secondary N) is 2. The molecule has 0 aliphatic carbocycles. The van der Waals surface area contributed by atoms with Crippen LogP contribution in [0.15, 0.2) is 54.6 Å². The van der Waals surface area contributed by atoms with Gasteiger partial charge in [0, 0.05) is 25.7 Å². The van der Waals surface area contributed by atoms with Crippen LogP contribution in [-0.2, 0) is 20.9 Å². The Balaban J connectivity index is 2.13. The van der Waals surface area contributed by atoms with Gasteiger partial charge in [-0.1, -0.05) is 56.3 Å². The van der Waals surface area contributed by atoms with Gasteiger partial charge in [0.15, 0.2) is 0 Å². The SMILES string of the molecule is CC(C)CC(=O)NC(C(=O)Nc1cccc(CN(C)C(=O)OC(C)(C)C)c1)c1ccccc1. The maximum Gasteiger partial charge on any atom is 0.410 e. The second kappa shape index (κ2) is 11.5. The lowest BCUT2D eigenvalue weighted by Crippen LogP contribution is -2.37. The van der Waals surface area contributed by atoms with Gasteiger partial charge in [-0.15, -0.1) is 0 Å². The summed E-state index contributed by atoms with van der Waals surface area (Å²) in [5.74, 6) is -0.333. The Hall–Kier alpha value is -3.35. The number of carbonyl (C=O) groups excluding carboxylic acids is 3. The van der Waals surface area contributed by atoms with Gasteiger partial charge in [0.25, 0.3) is 5.91 Å². The standard InChI is InChI=1S/C26H35N3O4/c1-18(2)15-22(30)28-23(20-12-8-7-9-13-20)24(31)27-21-14-10-11-19(16-21)17-29(6)25(32)33-26(3,4)5/h7-14,16,18,23H,15,17H2,1-6H3,(H,27,31)(H,28,30). The average Bonchev–Trinajstić information content (AvgIpc) is 2.71. The topological polar surface area (TPSA) is 87.7 Å². The predicted molar refractivity (Wildman–Crippen MR) is 130 cm³/mol. The zero-order chi connectivity index (χ0) is 24.6. The molecule has 0 saturated heterocycles. The Kier molecular flexibility index (Phi) is 9.02. The second-order valence-electron chi connectivity index (χ2n) is 9.54. The number of hydrogen-bond donors (Lipinski definition) is 2. The zero-order valence-corrected chi connectivity index (χ0v) is 20.3. The maximum absolute atomic E-state index is 13.1. The lowest BCUT2D eigenvalue weighted by atomic mass is 10.0. The van der Waals surface area contributed by atoms with Crippen LogP contribution in [0.5, 0.6) is 0 Å². The number of hydrogen-bond acceptors (Lipinski definition) is 4. The molecule has 2 aromatic carbocycles. The molecule has 33 heavy (non-hydrogen) atoms. The summed E-state index contributed by atoms with van der Waals surface area (Å²) in [4.78, 5) is 39.2. The van der Waals surface area contributed by atoms with E-state index in [1.807, 2.05) is 77.1 Å². The van der Waals surface area contributed by atoms with E-state index in [2.05, 4.69) is 10.6 Å². The first kappa shape index (κ1) is 25.9. The van der Waals surface area contributed by atoms with E-state index in [0.717, 1.165) is 5.56 Å². The molecule has 0 aliphatic rings. The summed E-state index contributed by atoms with van der Waals surface area (Å²) in [6.45, 7) is 9.69. The minimum atomic E-state index is -0.814. The molecule has 7 nitrogen and oxygen atoms in total. The van der Waals surface area contributed by atoms with Crippen LogP contribution in [0.3, 0.4) is 0 Å². The molecule has 0 saturated carbocycles. The monoisotopic (exact) mass is 453 g/mol. The lowest BCUT2D eigenvalue weighted by molar-refractivity contribution is -0.127. The van der Waals surface area contributed by atoms with Gasteiger partial charge >= 0.3 is 6.09 Å². The average molecular weight is 454 g/mol. The lowest BCUT2D eigenvalue weighted by Gasteiger charge is -2.25. The highest BCUT2D eigenvalue weighted by molar-refractivity contribution is 5.98. The Morgan fingerprint density at radius 3 is 2.27 bits per heavy atom. The Morgan fingerprint density at radius 1 is 1.00 bits per heavy atom. The van der Waals surface area contributed by atoms with Crippen LogP contribution in [0.1, 0.15) is 58.2 Å². The van der Waals surface area contributed by atoms with E-state index in [-0.39, 0.29) is 17.7 Å². The van der Waals surface area contributed by atoms with Crippen molar-refractivity contribution in [3.63, 3.8) is 0 Å². The van der Waals surface area contributed by atoms with Crippen LogP contribution in [0.25, 0.3) is 0 Å². The fourth-order valence-corrected chi connectivity index (χ4v) is 3.18. The summed E-state index contributed by atoms with van der Waals surface area (Å²) in [6.07, 6.45) is -0.0859. The van der Waals surface area contributed by atoms with Crippen LogP contribution in [-0.4, -0.2) is 35.5 Å². The van der Waals surface area contributed by atoms with Crippen molar-refractivity contribution in [1.29, 1.82) is 0 Å². The number of nitrogens with zero attached hydrogens (tertiary/aromatic N) is 1. The van der Waals surface area contributed by atoms with Gasteiger partial charge in [-0.3, -0.25) is 9.59 Å². The van der Waals surface area contributed by atoms with Crippen molar-refractivity contribution < 1.29 is 19.1 Å². The zero-order valence-electron chi connectivity index (χ0n) is 20.3. The largest absolute Gasteiger partial charge is 0.444 e. The van der Waals surface area contributed by atoms with E-state index in [1.54, 1.807) is 19.2 Å². The summed E-state index contributed by atoms with van der Waals surface area (Å²) in [5, 5.41) is 5.74. The molecule has 7 heteroatoms. The molecular formula is C26H35N3O4. The first-order valence-electron chi connectivity index (χ1n) is 11.1. The van der Waals surface area contributed by atoms with Gasteiger partial charge in [-0.25, -0.2) is 4.79 Å². The fourth-order valence-electron chi connectivity index (χ4n) is 3.18. The summed E-state index contributed by atoms with van der Waals surface area (Å²) in [7, 11) is 1.66. The van der Waals surface area contributed by atoms with Crippen molar-refractivity contribution in [2.75, 3.05) is 12.4 Å². The molecule has 2 aromatic rings. The number of carbonyl (C=O) groups is 3. The third-order valence-electron chi connectivity index (χ3n) is 4.61. The van der Waals surface area contributed by atoms with Crippen LogP contribution < -0.4 is 10.6 Å². The Morgan fingerprint density at radius 2 is 1.67 bits per heavy atom. The highest BCUT2D eigenvalue weighted by Crippen LogP contribution is 2.19. The highest BCUT2D eigenvalue weighted by atomic mass is 16.6. The van der Waals surface area contributed by atoms with E-state index in [0.29, 0.717) is 24.2 Å².